The Kier molecular flexibility index (Phi) is 5.75. The van der Waals surface area contributed by atoms with E-state index >= 15 is 0 Å². The van der Waals surface area contributed by atoms with Crippen molar-refractivity contribution >= 4 is 79.2 Å². The van der Waals surface area contributed by atoms with E-state index in [9.17, 15) is 0 Å². The Morgan fingerprint density at radius 1 is 0.379 bits per heavy atom. The first-order valence-corrected chi connectivity index (χ1v) is 22.3. The van der Waals surface area contributed by atoms with Gasteiger partial charge in [0.2, 0.25) is 0 Å². The van der Waals surface area contributed by atoms with Crippen molar-refractivity contribution in [1.29, 1.82) is 0 Å². The molecule has 0 unspecified atom stereocenters. The smallest absolute Gasteiger partial charge is 0.329 e. The molecule has 2 nitrogen and oxygen atoms in total. The number of aromatic nitrogens is 2. The highest BCUT2D eigenvalue weighted by Gasteiger charge is 2.53. The lowest BCUT2D eigenvalue weighted by Gasteiger charge is -2.48. The molecule has 9 aromatic rings. The van der Waals surface area contributed by atoms with Gasteiger partial charge < -0.3 is 8.96 Å². The maximum absolute atomic E-state index is 2.84. The summed E-state index contributed by atoms with van der Waals surface area (Å²) in [5.41, 5.74) is 24.0. The zero-order valence-electron chi connectivity index (χ0n) is 32.8. The molecular formula is C54H42B2N2. The summed E-state index contributed by atoms with van der Waals surface area (Å²) in [5.74, 6) is 0. The monoisotopic (exact) mass is 740 g/mol. The highest BCUT2D eigenvalue weighted by Crippen LogP contribution is 2.57. The van der Waals surface area contributed by atoms with Crippen LogP contribution in [0, 0.1) is 0 Å². The van der Waals surface area contributed by atoms with Gasteiger partial charge in [0.25, 0.3) is 0 Å². The van der Waals surface area contributed by atoms with Crippen molar-refractivity contribution in [2.45, 2.75) is 75.0 Å². The van der Waals surface area contributed by atoms with Crippen LogP contribution in [0.2, 0.25) is 0 Å². The third-order valence-corrected chi connectivity index (χ3v) is 16.6. The van der Waals surface area contributed by atoms with Gasteiger partial charge >= 0.3 is 13.7 Å². The summed E-state index contributed by atoms with van der Waals surface area (Å²) in [4.78, 5) is 0. The van der Waals surface area contributed by atoms with Crippen molar-refractivity contribution < 1.29 is 0 Å². The highest BCUT2D eigenvalue weighted by atomic mass is 15.0. The molecule has 0 saturated heterocycles. The maximum Gasteiger partial charge on any atom is 0.329 e. The summed E-state index contributed by atoms with van der Waals surface area (Å²) in [6.45, 7) is 0.252. The average Bonchev–Trinajstić information content (AvgIpc) is 3.81. The number of benzene rings is 7. The van der Waals surface area contributed by atoms with Crippen LogP contribution in [0.15, 0.2) is 133 Å². The van der Waals surface area contributed by atoms with Crippen LogP contribution in [0.4, 0.5) is 0 Å². The molecule has 274 valence electrons. The molecular weight excluding hydrogens is 698 g/mol. The molecule has 2 aromatic heterocycles. The fraction of sp³-hybridized carbons (Fsp3) is 0.222. The summed E-state index contributed by atoms with van der Waals surface area (Å²) >= 11 is 0. The minimum absolute atomic E-state index is 0.0605. The Morgan fingerprint density at radius 2 is 0.776 bits per heavy atom. The summed E-state index contributed by atoms with van der Waals surface area (Å²) < 4.78 is 5.67. The normalized spacial score (nSPS) is 18.6. The number of hydrogen-bond donors (Lipinski definition) is 0. The standard InChI is InChI=1S/C54H42B2N2/c1-11-29-53(30-12-1)37-21-5-7-25-41(37)55-49-35(19-15-23-39(49)53)47-45-34-18-4-10-28-44(34)58-52(45)48(46-33-17-3-9-27-43(33)57(55)51(46)47)36-20-16-24-40-50(36)56(58)42-26-8-6-22-38(42)54(40)31-13-2-14-32-54/h3-10,15-28H,1-2,11-14,29-32H2. The van der Waals surface area contributed by atoms with Crippen LogP contribution in [0.5, 0.6) is 0 Å². The molecule has 2 spiro atoms. The molecule has 15 rings (SSSR count). The molecule has 0 radical (unpaired) electrons. The van der Waals surface area contributed by atoms with Gasteiger partial charge in [0.15, 0.2) is 0 Å². The molecule has 2 saturated carbocycles. The minimum Gasteiger partial charge on any atom is -0.375 e. The molecule has 0 atom stereocenters. The predicted octanol–water partition coefficient (Wildman–Crippen LogP) is 10.3. The summed E-state index contributed by atoms with van der Waals surface area (Å²) in [7, 11) is 0. The Hall–Kier alpha value is -5.73. The van der Waals surface area contributed by atoms with Crippen LogP contribution in [-0.2, 0) is 10.8 Å². The van der Waals surface area contributed by atoms with E-state index in [2.05, 4.69) is 142 Å². The van der Waals surface area contributed by atoms with Crippen molar-refractivity contribution in [3.8, 4) is 22.3 Å². The number of para-hydroxylation sites is 2. The van der Waals surface area contributed by atoms with Gasteiger partial charge in [-0.05, 0) is 93.0 Å². The van der Waals surface area contributed by atoms with E-state index in [4.69, 9.17) is 0 Å². The Bertz CT molecular complexity index is 3110. The van der Waals surface area contributed by atoms with E-state index in [1.807, 2.05) is 0 Å². The Morgan fingerprint density at radius 3 is 1.24 bits per heavy atom. The summed E-state index contributed by atoms with van der Waals surface area (Å²) in [5, 5.41) is 5.66. The minimum atomic E-state index is 0.0605. The second-order valence-electron chi connectivity index (χ2n) is 18.8. The Balaban J connectivity index is 1.20. The lowest BCUT2D eigenvalue weighted by molar-refractivity contribution is 0.348. The van der Waals surface area contributed by atoms with Gasteiger partial charge in [-0.1, -0.05) is 160 Å². The fourth-order valence-corrected chi connectivity index (χ4v) is 14.7. The van der Waals surface area contributed by atoms with Crippen LogP contribution in [-0.4, -0.2) is 22.7 Å². The van der Waals surface area contributed by atoms with Crippen LogP contribution in [0.3, 0.4) is 0 Å². The van der Waals surface area contributed by atoms with Crippen molar-refractivity contribution in [3.05, 3.63) is 156 Å². The Labute approximate surface area is 339 Å². The van der Waals surface area contributed by atoms with E-state index in [1.165, 1.54) is 141 Å². The molecule has 6 aliphatic rings. The quantitative estimate of drug-likeness (QED) is 0.137. The van der Waals surface area contributed by atoms with Gasteiger partial charge in [-0.15, -0.1) is 0 Å². The number of nitrogens with zero attached hydrogens (tertiary/aromatic N) is 2. The van der Waals surface area contributed by atoms with E-state index in [1.54, 1.807) is 33.2 Å². The van der Waals surface area contributed by atoms with E-state index in [0.29, 0.717) is 0 Å². The van der Waals surface area contributed by atoms with Gasteiger partial charge in [0, 0.05) is 65.6 Å². The second kappa shape index (κ2) is 10.7. The van der Waals surface area contributed by atoms with Crippen molar-refractivity contribution in [2.24, 2.45) is 0 Å². The number of fused-ring (bicyclic) bond motifs is 20. The lowest BCUT2D eigenvalue weighted by Crippen LogP contribution is -2.61. The summed E-state index contributed by atoms with van der Waals surface area (Å²) in [6.07, 6.45) is 12.8. The first-order chi connectivity index (χ1) is 28.8. The topological polar surface area (TPSA) is 9.86 Å². The van der Waals surface area contributed by atoms with Crippen LogP contribution in [0.25, 0.3) is 65.9 Å². The molecule has 4 heteroatoms. The molecule has 0 amide bonds. The summed E-state index contributed by atoms with van der Waals surface area (Å²) in [6, 6.07) is 53.1. The third kappa shape index (κ3) is 3.37. The SMILES string of the molecule is c1ccc2c(c1)B1c3c(cccc3C23CCCCC3)-c2c3c4ccccc4n4c3c(c3c5ccccc5n1c23)-c1cccc2c1B4c1ccccc1C21CCCCC1. The number of rotatable bonds is 0. The van der Waals surface area contributed by atoms with Crippen LogP contribution < -0.4 is 21.9 Å². The molecule has 4 aliphatic heterocycles. The molecule has 0 N–H and O–H groups in total. The maximum atomic E-state index is 2.84. The molecule has 0 bridgehead atoms. The third-order valence-electron chi connectivity index (χ3n) is 16.6. The molecule has 2 aliphatic carbocycles. The van der Waals surface area contributed by atoms with Crippen molar-refractivity contribution in [3.63, 3.8) is 0 Å². The first kappa shape index (κ1) is 31.3. The molecule has 6 heterocycles. The molecule has 7 aromatic carbocycles. The van der Waals surface area contributed by atoms with Gasteiger partial charge in [0.05, 0.1) is 0 Å². The highest BCUT2D eigenvalue weighted by molar-refractivity contribution is 6.90. The average molecular weight is 741 g/mol. The van der Waals surface area contributed by atoms with Crippen molar-refractivity contribution in [1.82, 2.24) is 8.96 Å². The second-order valence-corrected chi connectivity index (χ2v) is 18.8. The molecule has 2 fully saturated rings. The van der Waals surface area contributed by atoms with E-state index in [-0.39, 0.29) is 24.5 Å². The zero-order valence-corrected chi connectivity index (χ0v) is 32.8. The van der Waals surface area contributed by atoms with Gasteiger partial charge in [-0.25, -0.2) is 0 Å². The van der Waals surface area contributed by atoms with Gasteiger partial charge in [-0.3, -0.25) is 0 Å². The van der Waals surface area contributed by atoms with Crippen LogP contribution in [0.1, 0.15) is 86.5 Å². The van der Waals surface area contributed by atoms with Crippen molar-refractivity contribution in [2.75, 3.05) is 0 Å². The predicted molar refractivity (Wildman–Crippen MR) is 245 cm³/mol. The number of hydrogen-bond acceptors (Lipinski definition) is 0. The zero-order chi connectivity index (χ0) is 37.5. The largest absolute Gasteiger partial charge is 0.375 e. The van der Waals surface area contributed by atoms with Crippen LogP contribution >= 0.6 is 0 Å². The van der Waals surface area contributed by atoms with E-state index in [0.717, 1.165) is 0 Å². The molecule has 58 heavy (non-hydrogen) atoms. The fourth-order valence-electron chi connectivity index (χ4n) is 14.7. The van der Waals surface area contributed by atoms with Gasteiger partial charge in [0.1, 0.15) is 0 Å². The first-order valence-electron chi connectivity index (χ1n) is 22.3. The lowest BCUT2D eigenvalue weighted by atomic mass is 9.38. The van der Waals surface area contributed by atoms with E-state index < -0.39 is 0 Å². The van der Waals surface area contributed by atoms with Gasteiger partial charge in [-0.2, -0.15) is 0 Å².